The van der Waals surface area contributed by atoms with Gasteiger partial charge in [0.15, 0.2) is 0 Å². The zero-order chi connectivity index (χ0) is 16.1. The molecule has 0 aliphatic carbocycles. The molecule has 0 atom stereocenters. The molecule has 3 aromatic rings. The van der Waals surface area contributed by atoms with Gasteiger partial charge in [-0.2, -0.15) is 0 Å². The summed E-state index contributed by atoms with van der Waals surface area (Å²) in [4.78, 5) is 0. The van der Waals surface area contributed by atoms with Crippen LogP contribution in [0.2, 0.25) is 0 Å². The highest BCUT2D eigenvalue weighted by molar-refractivity contribution is 5.33. The summed E-state index contributed by atoms with van der Waals surface area (Å²) in [5.74, 6) is 0.841. The molecule has 0 saturated heterocycles. The van der Waals surface area contributed by atoms with E-state index in [1.54, 1.807) is 4.68 Å². The number of rotatable bonds is 6. The van der Waals surface area contributed by atoms with Crippen molar-refractivity contribution in [1.29, 1.82) is 0 Å². The van der Waals surface area contributed by atoms with Gasteiger partial charge in [0.05, 0.1) is 5.69 Å². The highest BCUT2D eigenvalue weighted by Gasteiger charge is 2.14. The molecule has 2 aromatic carbocycles. The van der Waals surface area contributed by atoms with Gasteiger partial charge >= 0.3 is 0 Å². The number of hydrogen-bond acceptors (Lipinski definition) is 4. The molecule has 5 nitrogen and oxygen atoms in total. The topological polar surface area (TPSA) is 66.0 Å². The van der Waals surface area contributed by atoms with Gasteiger partial charge < -0.3 is 10.5 Å². The van der Waals surface area contributed by atoms with Crippen molar-refractivity contribution < 1.29 is 4.74 Å². The predicted molar refractivity (Wildman–Crippen MR) is 89.4 cm³/mol. The third-order valence-electron chi connectivity index (χ3n) is 3.72. The summed E-state index contributed by atoms with van der Waals surface area (Å²) in [5.41, 5.74) is 9.60. The summed E-state index contributed by atoms with van der Waals surface area (Å²) < 4.78 is 7.72. The largest absolute Gasteiger partial charge is 0.487 e. The van der Waals surface area contributed by atoms with E-state index in [2.05, 4.69) is 29.4 Å². The molecule has 0 amide bonds. The summed E-state index contributed by atoms with van der Waals surface area (Å²) in [7, 11) is 0. The van der Waals surface area contributed by atoms with Crippen molar-refractivity contribution >= 4 is 0 Å². The first-order valence-electron chi connectivity index (χ1n) is 7.72. The number of para-hydroxylation sites is 1. The Kier molecular flexibility index (Phi) is 4.68. The Balaban J connectivity index is 1.85. The van der Waals surface area contributed by atoms with E-state index in [4.69, 9.17) is 10.5 Å². The van der Waals surface area contributed by atoms with Gasteiger partial charge in [0.25, 0.3) is 0 Å². The van der Waals surface area contributed by atoms with Gasteiger partial charge in [0.2, 0.25) is 0 Å². The van der Waals surface area contributed by atoms with Crippen LogP contribution in [0.15, 0.2) is 54.6 Å². The molecule has 0 aliphatic rings. The van der Waals surface area contributed by atoms with Gasteiger partial charge in [0.1, 0.15) is 23.7 Å². The van der Waals surface area contributed by atoms with Crippen molar-refractivity contribution in [2.45, 2.75) is 26.5 Å². The molecule has 1 aromatic heterocycles. The van der Waals surface area contributed by atoms with Crippen LogP contribution >= 0.6 is 0 Å². The van der Waals surface area contributed by atoms with E-state index in [0.29, 0.717) is 13.2 Å². The molecule has 3 rings (SSSR count). The van der Waals surface area contributed by atoms with Crippen LogP contribution in [0.25, 0.3) is 5.69 Å². The number of aromatic nitrogens is 3. The molecule has 0 unspecified atom stereocenters. The van der Waals surface area contributed by atoms with E-state index in [1.807, 2.05) is 42.5 Å². The number of hydrogen-bond donors (Lipinski definition) is 1. The SMILES string of the molecule is CCc1cccc(OCc2c(CN)nnn2-c2ccccc2)c1. The maximum atomic E-state index is 5.94. The fourth-order valence-electron chi connectivity index (χ4n) is 2.42. The Morgan fingerprint density at radius 2 is 1.91 bits per heavy atom. The average molecular weight is 308 g/mol. The highest BCUT2D eigenvalue weighted by atomic mass is 16.5. The lowest BCUT2D eigenvalue weighted by Crippen LogP contribution is -2.09. The molecular formula is C18H20N4O. The Labute approximate surface area is 135 Å². The summed E-state index contributed by atoms with van der Waals surface area (Å²) in [6, 6.07) is 18.0. The summed E-state index contributed by atoms with van der Waals surface area (Å²) >= 11 is 0. The molecule has 0 radical (unpaired) electrons. The first-order chi connectivity index (χ1) is 11.3. The Morgan fingerprint density at radius 3 is 2.65 bits per heavy atom. The van der Waals surface area contributed by atoms with Gasteiger partial charge in [-0.1, -0.05) is 42.5 Å². The maximum absolute atomic E-state index is 5.94. The molecule has 2 N–H and O–H groups in total. The first-order valence-corrected chi connectivity index (χ1v) is 7.72. The van der Waals surface area contributed by atoms with Crippen LogP contribution < -0.4 is 10.5 Å². The molecule has 0 saturated carbocycles. The van der Waals surface area contributed by atoms with Crippen molar-refractivity contribution in [3.8, 4) is 11.4 Å². The van der Waals surface area contributed by atoms with Crippen molar-refractivity contribution in [3.63, 3.8) is 0 Å². The minimum atomic E-state index is 0.334. The molecule has 1 heterocycles. The second-order valence-electron chi connectivity index (χ2n) is 5.22. The standard InChI is InChI=1S/C18H20N4O/c1-2-14-7-6-10-16(11-14)23-13-18-17(12-19)20-21-22(18)15-8-4-3-5-9-15/h3-11H,2,12-13,19H2,1H3. The Hall–Kier alpha value is -2.66. The lowest BCUT2D eigenvalue weighted by molar-refractivity contribution is 0.296. The minimum absolute atomic E-state index is 0.334. The zero-order valence-electron chi connectivity index (χ0n) is 13.1. The van der Waals surface area contributed by atoms with Crippen LogP contribution in [0.4, 0.5) is 0 Å². The van der Waals surface area contributed by atoms with E-state index in [1.165, 1.54) is 5.56 Å². The van der Waals surface area contributed by atoms with Crippen molar-refractivity contribution in [2.75, 3.05) is 0 Å². The highest BCUT2D eigenvalue weighted by Crippen LogP contribution is 2.18. The smallest absolute Gasteiger partial charge is 0.132 e. The van der Waals surface area contributed by atoms with Crippen molar-refractivity contribution in [1.82, 2.24) is 15.0 Å². The fraction of sp³-hybridized carbons (Fsp3) is 0.222. The number of benzene rings is 2. The van der Waals surface area contributed by atoms with E-state index >= 15 is 0 Å². The average Bonchev–Trinajstić information content (AvgIpc) is 3.04. The van der Waals surface area contributed by atoms with Gasteiger partial charge in [-0.15, -0.1) is 5.10 Å². The number of ether oxygens (including phenoxy) is 1. The molecule has 5 heteroatoms. The number of aryl methyl sites for hydroxylation is 1. The van der Waals surface area contributed by atoms with E-state index < -0.39 is 0 Å². The molecule has 0 fully saturated rings. The van der Waals surface area contributed by atoms with Gasteiger partial charge in [-0.3, -0.25) is 0 Å². The minimum Gasteiger partial charge on any atom is -0.487 e. The first kappa shape index (κ1) is 15.2. The van der Waals surface area contributed by atoms with Crippen LogP contribution in [0.3, 0.4) is 0 Å². The van der Waals surface area contributed by atoms with E-state index in [0.717, 1.165) is 29.2 Å². The zero-order valence-corrected chi connectivity index (χ0v) is 13.1. The summed E-state index contributed by atoms with van der Waals surface area (Å²) in [6.45, 7) is 2.84. The van der Waals surface area contributed by atoms with E-state index in [9.17, 15) is 0 Å². The van der Waals surface area contributed by atoms with Crippen LogP contribution in [0, 0.1) is 0 Å². The van der Waals surface area contributed by atoms with Crippen LogP contribution in [0.1, 0.15) is 23.9 Å². The lowest BCUT2D eigenvalue weighted by Gasteiger charge is -2.10. The molecule has 0 spiro atoms. The van der Waals surface area contributed by atoms with Gasteiger partial charge in [0, 0.05) is 6.54 Å². The molecule has 0 bridgehead atoms. The van der Waals surface area contributed by atoms with Crippen LogP contribution in [-0.4, -0.2) is 15.0 Å². The molecule has 0 aliphatic heterocycles. The van der Waals surface area contributed by atoms with Crippen LogP contribution in [-0.2, 0) is 19.6 Å². The molecule has 23 heavy (non-hydrogen) atoms. The Bertz CT molecular complexity index is 768. The third kappa shape index (κ3) is 3.40. The normalized spacial score (nSPS) is 10.7. The maximum Gasteiger partial charge on any atom is 0.132 e. The molecule has 118 valence electrons. The number of nitrogens with two attached hydrogens (primary N) is 1. The van der Waals surface area contributed by atoms with Crippen molar-refractivity contribution in [2.24, 2.45) is 5.73 Å². The van der Waals surface area contributed by atoms with E-state index in [-0.39, 0.29) is 0 Å². The van der Waals surface area contributed by atoms with Crippen molar-refractivity contribution in [3.05, 3.63) is 71.5 Å². The fourth-order valence-corrected chi connectivity index (χ4v) is 2.42. The lowest BCUT2D eigenvalue weighted by atomic mass is 10.2. The van der Waals surface area contributed by atoms with Gasteiger partial charge in [-0.05, 0) is 36.2 Å². The predicted octanol–water partition coefficient (Wildman–Crippen LogP) is 2.87. The van der Waals surface area contributed by atoms with Gasteiger partial charge in [-0.25, -0.2) is 4.68 Å². The second-order valence-corrected chi connectivity index (χ2v) is 5.22. The second kappa shape index (κ2) is 7.07. The summed E-state index contributed by atoms with van der Waals surface area (Å²) in [5, 5.41) is 8.37. The molecular weight excluding hydrogens is 288 g/mol. The Morgan fingerprint density at radius 1 is 1.09 bits per heavy atom. The third-order valence-corrected chi connectivity index (χ3v) is 3.72. The monoisotopic (exact) mass is 308 g/mol. The number of nitrogens with zero attached hydrogens (tertiary/aromatic N) is 3. The van der Waals surface area contributed by atoms with Crippen LogP contribution in [0.5, 0.6) is 5.75 Å². The summed E-state index contributed by atoms with van der Waals surface area (Å²) in [6.07, 6.45) is 0.981. The quantitative estimate of drug-likeness (QED) is 0.760.